The number of non-ortho nitro benzene ring substituents is 1. The van der Waals surface area contributed by atoms with Crippen molar-refractivity contribution < 1.29 is 14.5 Å². The van der Waals surface area contributed by atoms with Crippen molar-refractivity contribution in [1.82, 2.24) is 14.8 Å². The van der Waals surface area contributed by atoms with Gasteiger partial charge in [0.2, 0.25) is 5.91 Å². The molecule has 24 heavy (non-hydrogen) atoms. The van der Waals surface area contributed by atoms with Gasteiger partial charge in [-0.15, -0.1) is 10.2 Å². The molecule has 2 aromatic rings. The Morgan fingerprint density at radius 2 is 2.33 bits per heavy atom. The first-order valence-electron chi connectivity index (χ1n) is 7.23. The number of anilines is 1. The first-order valence-corrected chi connectivity index (χ1v) is 8.21. The maximum absolute atomic E-state index is 12.1. The number of nitrogens with zero attached hydrogens (tertiary/aromatic N) is 4. The lowest BCUT2D eigenvalue weighted by atomic mass is 10.2. The highest BCUT2D eigenvalue weighted by Gasteiger charge is 2.26. The van der Waals surface area contributed by atoms with E-state index in [0.29, 0.717) is 16.9 Å². The van der Waals surface area contributed by atoms with Crippen LogP contribution in [0.4, 0.5) is 11.4 Å². The molecule has 1 N–H and O–H groups in total. The van der Waals surface area contributed by atoms with E-state index in [0.717, 1.165) is 12.8 Å². The second-order valence-electron chi connectivity index (χ2n) is 5.23. The summed E-state index contributed by atoms with van der Waals surface area (Å²) in [6.45, 7) is 0. The normalized spacial score (nSPS) is 13.5. The second kappa shape index (κ2) is 6.87. The topological polar surface area (TPSA) is 112 Å². The predicted octanol–water partition coefficient (Wildman–Crippen LogP) is 2.26. The molecule has 3 rings (SSSR count). The highest BCUT2D eigenvalue weighted by Crippen LogP contribution is 2.37. The van der Waals surface area contributed by atoms with Crippen LogP contribution in [0.2, 0.25) is 0 Å². The van der Waals surface area contributed by atoms with Gasteiger partial charge in [0.05, 0.1) is 29.5 Å². The minimum atomic E-state index is -0.519. The molecule has 0 unspecified atom stereocenters. The molecule has 9 nitrogen and oxygen atoms in total. The Morgan fingerprint density at radius 1 is 1.54 bits per heavy atom. The molecular formula is C14H15N5O4S. The number of benzene rings is 1. The van der Waals surface area contributed by atoms with Crippen LogP contribution in [-0.2, 0) is 4.79 Å². The number of thioether (sulfide) groups is 1. The number of amides is 1. The van der Waals surface area contributed by atoms with Crippen LogP contribution in [0.15, 0.2) is 29.7 Å². The molecule has 1 aromatic heterocycles. The number of carbonyl (C=O) groups excluding carboxylic acids is 1. The first kappa shape index (κ1) is 16.2. The molecule has 1 aromatic carbocycles. The summed E-state index contributed by atoms with van der Waals surface area (Å²) in [5.41, 5.74) is 0.286. The SMILES string of the molecule is COc1cc([N+](=O)[O-])ccc1NC(=O)CSc1nncn1C1CC1. The first-order chi connectivity index (χ1) is 11.6. The number of aromatic nitrogens is 3. The van der Waals surface area contributed by atoms with E-state index in [9.17, 15) is 14.9 Å². The van der Waals surface area contributed by atoms with Gasteiger partial charge in [0.1, 0.15) is 12.1 Å². The Kier molecular flexibility index (Phi) is 4.65. The van der Waals surface area contributed by atoms with E-state index < -0.39 is 4.92 Å². The molecule has 0 aliphatic heterocycles. The van der Waals surface area contributed by atoms with E-state index >= 15 is 0 Å². The molecular weight excluding hydrogens is 334 g/mol. The van der Waals surface area contributed by atoms with E-state index in [1.54, 1.807) is 6.33 Å². The standard InChI is InChI=1S/C14H15N5O4S/c1-23-12-6-10(19(21)22)4-5-11(12)16-13(20)7-24-14-17-15-8-18(14)9-2-3-9/h4-6,8-9H,2-3,7H2,1H3,(H,16,20). The van der Waals surface area contributed by atoms with E-state index in [2.05, 4.69) is 15.5 Å². The Labute approximate surface area is 141 Å². The Balaban J connectivity index is 1.62. The molecule has 1 aliphatic carbocycles. The molecule has 10 heteroatoms. The van der Waals surface area contributed by atoms with Crippen LogP contribution in [0.3, 0.4) is 0 Å². The van der Waals surface area contributed by atoms with Crippen molar-refractivity contribution in [3.05, 3.63) is 34.6 Å². The zero-order chi connectivity index (χ0) is 17.1. The van der Waals surface area contributed by atoms with Gasteiger partial charge >= 0.3 is 0 Å². The van der Waals surface area contributed by atoms with Crippen molar-refractivity contribution >= 4 is 29.0 Å². The van der Waals surface area contributed by atoms with E-state index in [4.69, 9.17) is 4.74 Å². The van der Waals surface area contributed by atoms with Gasteiger partial charge in [0, 0.05) is 12.1 Å². The average Bonchev–Trinajstić information content (AvgIpc) is 3.31. The third kappa shape index (κ3) is 3.65. The van der Waals surface area contributed by atoms with Gasteiger partial charge in [-0.25, -0.2) is 0 Å². The number of hydrogen-bond donors (Lipinski definition) is 1. The van der Waals surface area contributed by atoms with Gasteiger partial charge in [-0.3, -0.25) is 14.9 Å². The summed E-state index contributed by atoms with van der Waals surface area (Å²) in [5.74, 6) is 0.146. The molecule has 1 amide bonds. The van der Waals surface area contributed by atoms with Crippen molar-refractivity contribution in [2.45, 2.75) is 24.0 Å². The molecule has 1 fully saturated rings. The summed E-state index contributed by atoms with van der Waals surface area (Å²) in [6, 6.07) is 4.48. The summed E-state index contributed by atoms with van der Waals surface area (Å²) in [5, 5.41) is 22.1. The monoisotopic (exact) mass is 349 g/mol. The van der Waals surface area contributed by atoms with Crippen molar-refractivity contribution in [1.29, 1.82) is 0 Å². The largest absolute Gasteiger partial charge is 0.494 e. The fourth-order valence-corrected chi connectivity index (χ4v) is 2.93. The summed E-state index contributed by atoms with van der Waals surface area (Å²) >= 11 is 1.30. The maximum atomic E-state index is 12.1. The number of nitro groups is 1. The van der Waals surface area contributed by atoms with Crippen molar-refractivity contribution in [3.8, 4) is 5.75 Å². The lowest BCUT2D eigenvalue weighted by molar-refractivity contribution is -0.384. The maximum Gasteiger partial charge on any atom is 0.273 e. The van der Waals surface area contributed by atoms with Crippen LogP contribution in [0.1, 0.15) is 18.9 Å². The molecule has 1 aliphatic rings. The van der Waals surface area contributed by atoms with E-state index in [1.165, 1.54) is 37.1 Å². The molecule has 0 bridgehead atoms. The summed E-state index contributed by atoms with van der Waals surface area (Å²) in [4.78, 5) is 22.4. The average molecular weight is 349 g/mol. The molecule has 0 saturated heterocycles. The smallest absolute Gasteiger partial charge is 0.273 e. The third-order valence-electron chi connectivity index (χ3n) is 3.48. The Hall–Kier alpha value is -2.62. The van der Waals surface area contributed by atoms with Crippen molar-refractivity contribution in [3.63, 3.8) is 0 Å². The summed E-state index contributed by atoms with van der Waals surface area (Å²) in [6.07, 6.45) is 3.90. The fourth-order valence-electron chi connectivity index (χ4n) is 2.15. The Morgan fingerprint density at radius 3 is 3.00 bits per heavy atom. The molecule has 1 heterocycles. The fraction of sp³-hybridized carbons (Fsp3) is 0.357. The van der Waals surface area contributed by atoms with Crippen LogP contribution < -0.4 is 10.1 Å². The highest BCUT2D eigenvalue weighted by molar-refractivity contribution is 7.99. The molecule has 126 valence electrons. The van der Waals surface area contributed by atoms with Crippen LogP contribution >= 0.6 is 11.8 Å². The molecule has 0 atom stereocenters. The summed E-state index contributed by atoms with van der Waals surface area (Å²) in [7, 11) is 1.39. The number of hydrogen-bond acceptors (Lipinski definition) is 7. The van der Waals surface area contributed by atoms with Gasteiger partial charge in [-0.2, -0.15) is 0 Å². The minimum absolute atomic E-state index is 0.100. The van der Waals surface area contributed by atoms with Gasteiger partial charge in [-0.05, 0) is 18.9 Å². The number of ether oxygens (including phenoxy) is 1. The molecule has 1 saturated carbocycles. The van der Waals surface area contributed by atoms with Gasteiger partial charge in [-0.1, -0.05) is 11.8 Å². The van der Waals surface area contributed by atoms with Gasteiger partial charge in [0.15, 0.2) is 5.16 Å². The molecule has 0 radical (unpaired) electrons. The quantitative estimate of drug-likeness (QED) is 0.463. The number of methoxy groups -OCH3 is 1. The molecule has 0 spiro atoms. The number of nitro benzene ring substituents is 1. The van der Waals surface area contributed by atoms with E-state index in [1.807, 2.05) is 4.57 Å². The van der Waals surface area contributed by atoms with Crippen LogP contribution in [0.25, 0.3) is 0 Å². The van der Waals surface area contributed by atoms with E-state index in [-0.39, 0.29) is 23.1 Å². The van der Waals surface area contributed by atoms with Crippen LogP contribution in [0.5, 0.6) is 5.75 Å². The van der Waals surface area contributed by atoms with Crippen LogP contribution in [-0.4, -0.2) is 38.5 Å². The lowest BCUT2D eigenvalue weighted by Crippen LogP contribution is -2.15. The van der Waals surface area contributed by atoms with Gasteiger partial charge < -0.3 is 14.6 Å². The zero-order valence-corrected chi connectivity index (χ0v) is 13.7. The summed E-state index contributed by atoms with van der Waals surface area (Å²) < 4.78 is 7.07. The number of carbonyl (C=O) groups is 1. The van der Waals surface area contributed by atoms with Crippen molar-refractivity contribution in [2.24, 2.45) is 0 Å². The lowest BCUT2D eigenvalue weighted by Gasteiger charge is -2.10. The Bertz CT molecular complexity index is 774. The van der Waals surface area contributed by atoms with Crippen LogP contribution in [0, 0.1) is 10.1 Å². The zero-order valence-electron chi connectivity index (χ0n) is 12.8. The minimum Gasteiger partial charge on any atom is -0.494 e. The number of nitrogens with one attached hydrogen (secondary N) is 1. The number of rotatable bonds is 7. The van der Waals surface area contributed by atoms with Gasteiger partial charge in [0.25, 0.3) is 5.69 Å². The van der Waals surface area contributed by atoms with Crippen molar-refractivity contribution in [2.75, 3.05) is 18.2 Å². The predicted molar refractivity (Wildman–Crippen MR) is 87.3 cm³/mol. The second-order valence-corrected chi connectivity index (χ2v) is 6.17. The highest BCUT2D eigenvalue weighted by atomic mass is 32.2. The third-order valence-corrected chi connectivity index (χ3v) is 4.44.